The van der Waals surface area contributed by atoms with Crippen LogP contribution in [0.25, 0.3) is 0 Å². The summed E-state index contributed by atoms with van der Waals surface area (Å²) >= 11 is 0. The van der Waals surface area contributed by atoms with Crippen LogP contribution < -0.4 is 0 Å². The Balaban J connectivity index is 2.31. The Kier molecular flexibility index (Phi) is 2.09. The molecule has 1 N–H and O–H groups in total. The minimum absolute atomic E-state index is 0.154. The zero-order chi connectivity index (χ0) is 6.69. The third-order valence-electron chi connectivity index (χ3n) is 1.74. The number of hydrogen-bond donors (Lipinski definition) is 1. The SMILES string of the molecule is O=C(O)[C@H]1[CH]CCCC1. The van der Waals surface area contributed by atoms with E-state index in [9.17, 15) is 4.79 Å². The second-order valence-electron chi connectivity index (χ2n) is 2.46. The number of hydrogen-bond acceptors (Lipinski definition) is 1. The van der Waals surface area contributed by atoms with Crippen molar-refractivity contribution in [3.63, 3.8) is 0 Å². The Morgan fingerprint density at radius 1 is 1.56 bits per heavy atom. The Labute approximate surface area is 54.9 Å². The highest BCUT2D eigenvalue weighted by Crippen LogP contribution is 2.22. The second-order valence-corrected chi connectivity index (χ2v) is 2.46. The van der Waals surface area contributed by atoms with Crippen LogP contribution in [-0.2, 0) is 4.79 Å². The van der Waals surface area contributed by atoms with Gasteiger partial charge < -0.3 is 5.11 Å². The molecule has 0 amide bonds. The van der Waals surface area contributed by atoms with Crippen molar-refractivity contribution in [1.82, 2.24) is 0 Å². The van der Waals surface area contributed by atoms with Gasteiger partial charge in [0.2, 0.25) is 0 Å². The molecule has 0 bridgehead atoms. The van der Waals surface area contributed by atoms with Crippen LogP contribution >= 0.6 is 0 Å². The average molecular weight is 127 g/mol. The zero-order valence-electron chi connectivity index (χ0n) is 5.34. The minimum atomic E-state index is -0.658. The van der Waals surface area contributed by atoms with E-state index < -0.39 is 5.97 Å². The van der Waals surface area contributed by atoms with Crippen molar-refractivity contribution in [3.8, 4) is 0 Å². The van der Waals surface area contributed by atoms with Crippen molar-refractivity contribution in [2.24, 2.45) is 5.92 Å². The normalized spacial score (nSPS) is 21.8. The molecule has 1 radical (unpaired) electrons. The van der Waals surface area contributed by atoms with Crippen LogP contribution in [0.2, 0.25) is 0 Å². The van der Waals surface area contributed by atoms with Gasteiger partial charge in [0, 0.05) is 0 Å². The first-order chi connectivity index (χ1) is 4.30. The van der Waals surface area contributed by atoms with Crippen molar-refractivity contribution in [2.45, 2.75) is 25.7 Å². The summed E-state index contributed by atoms with van der Waals surface area (Å²) in [6.07, 6.45) is 5.98. The summed E-state index contributed by atoms with van der Waals surface area (Å²) in [5, 5.41) is 8.51. The van der Waals surface area contributed by atoms with Crippen molar-refractivity contribution < 1.29 is 9.90 Å². The molecule has 0 heterocycles. The zero-order valence-corrected chi connectivity index (χ0v) is 5.34. The number of carbonyl (C=O) groups is 1. The summed E-state index contributed by atoms with van der Waals surface area (Å²) in [7, 11) is 0. The molecular formula is C7H11O2. The van der Waals surface area contributed by atoms with Crippen LogP contribution in [0, 0.1) is 12.3 Å². The van der Waals surface area contributed by atoms with E-state index in [1.54, 1.807) is 0 Å². The fourth-order valence-corrected chi connectivity index (χ4v) is 1.17. The van der Waals surface area contributed by atoms with Crippen molar-refractivity contribution in [3.05, 3.63) is 6.42 Å². The predicted octanol–water partition coefficient (Wildman–Crippen LogP) is 1.47. The number of rotatable bonds is 1. The molecule has 0 unspecified atom stereocenters. The van der Waals surface area contributed by atoms with Gasteiger partial charge in [-0.2, -0.15) is 0 Å². The Morgan fingerprint density at radius 3 is 2.67 bits per heavy atom. The van der Waals surface area contributed by atoms with Gasteiger partial charge in [-0.05, 0) is 19.3 Å². The van der Waals surface area contributed by atoms with Gasteiger partial charge in [0.25, 0.3) is 0 Å². The molecule has 0 saturated heterocycles. The maximum atomic E-state index is 10.3. The summed E-state index contributed by atoms with van der Waals surface area (Å²) < 4.78 is 0. The number of aliphatic carboxylic acids is 1. The van der Waals surface area contributed by atoms with E-state index in [0.717, 1.165) is 19.3 Å². The molecular weight excluding hydrogens is 116 g/mol. The molecule has 1 rings (SSSR count). The van der Waals surface area contributed by atoms with Crippen molar-refractivity contribution in [2.75, 3.05) is 0 Å². The van der Waals surface area contributed by atoms with E-state index in [0.29, 0.717) is 0 Å². The maximum Gasteiger partial charge on any atom is 0.306 e. The van der Waals surface area contributed by atoms with Crippen molar-refractivity contribution >= 4 is 5.97 Å². The summed E-state index contributed by atoms with van der Waals surface area (Å²) in [5.41, 5.74) is 0. The highest BCUT2D eigenvalue weighted by Gasteiger charge is 2.19. The highest BCUT2D eigenvalue weighted by molar-refractivity contribution is 5.71. The van der Waals surface area contributed by atoms with Gasteiger partial charge in [-0.25, -0.2) is 0 Å². The van der Waals surface area contributed by atoms with Gasteiger partial charge in [0.15, 0.2) is 0 Å². The van der Waals surface area contributed by atoms with Gasteiger partial charge >= 0.3 is 5.97 Å². The van der Waals surface area contributed by atoms with Crippen LogP contribution in [-0.4, -0.2) is 11.1 Å². The Morgan fingerprint density at radius 2 is 2.33 bits per heavy atom. The van der Waals surface area contributed by atoms with E-state index in [1.807, 2.05) is 6.42 Å². The number of carboxylic acid groups (broad SMARTS) is 1. The third-order valence-corrected chi connectivity index (χ3v) is 1.74. The maximum absolute atomic E-state index is 10.3. The molecule has 0 spiro atoms. The van der Waals surface area contributed by atoms with E-state index >= 15 is 0 Å². The van der Waals surface area contributed by atoms with Gasteiger partial charge in [0.1, 0.15) is 0 Å². The molecule has 0 aromatic carbocycles. The molecule has 1 atom stereocenters. The molecule has 9 heavy (non-hydrogen) atoms. The molecule has 2 nitrogen and oxygen atoms in total. The van der Waals surface area contributed by atoms with Gasteiger partial charge in [-0.15, -0.1) is 0 Å². The van der Waals surface area contributed by atoms with Crippen LogP contribution in [0.15, 0.2) is 0 Å². The van der Waals surface area contributed by atoms with E-state index in [-0.39, 0.29) is 5.92 Å². The quantitative estimate of drug-likeness (QED) is 0.579. The first kappa shape index (κ1) is 6.59. The molecule has 51 valence electrons. The summed E-state index contributed by atoms with van der Waals surface area (Å²) in [6, 6.07) is 0. The predicted molar refractivity (Wildman–Crippen MR) is 33.9 cm³/mol. The number of carboxylic acids is 1. The second kappa shape index (κ2) is 2.85. The Hall–Kier alpha value is -0.530. The average Bonchev–Trinajstić information content (AvgIpc) is 1.90. The summed E-state index contributed by atoms with van der Waals surface area (Å²) in [6.45, 7) is 0. The lowest BCUT2D eigenvalue weighted by atomic mass is 9.90. The largest absolute Gasteiger partial charge is 0.481 e. The van der Waals surface area contributed by atoms with Gasteiger partial charge in [-0.3, -0.25) is 4.79 Å². The van der Waals surface area contributed by atoms with E-state index in [1.165, 1.54) is 6.42 Å². The smallest absolute Gasteiger partial charge is 0.306 e. The van der Waals surface area contributed by atoms with Gasteiger partial charge in [-0.1, -0.05) is 12.8 Å². The molecule has 1 aliphatic rings. The van der Waals surface area contributed by atoms with Crippen LogP contribution in [0.1, 0.15) is 25.7 Å². The molecule has 1 aliphatic carbocycles. The lowest BCUT2D eigenvalue weighted by molar-refractivity contribution is -0.141. The molecule has 1 fully saturated rings. The first-order valence-corrected chi connectivity index (χ1v) is 3.37. The molecule has 1 saturated carbocycles. The topological polar surface area (TPSA) is 37.3 Å². The third kappa shape index (κ3) is 1.70. The van der Waals surface area contributed by atoms with Gasteiger partial charge in [0.05, 0.1) is 5.92 Å². The summed E-state index contributed by atoms with van der Waals surface area (Å²) in [4.78, 5) is 10.3. The molecule has 0 aromatic heterocycles. The van der Waals surface area contributed by atoms with Crippen LogP contribution in [0.4, 0.5) is 0 Å². The fourth-order valence-electron chi connectivity index (χ4n) is 1.17. The molecule has 2 heteroatoms. The first-order valence-electron chi connectivity index (χ1n) is 3.37. The fraction of sp³-hybridized carbons (Fsp3) is 0.714. The van der Waals surface area contributed by atoms with Crippen LogP contribution in [0.3, 0.4) is 0 Å². The lowest BCUT2D eigenvalue weighted by Gasteiger charge is -2.15. The highest BCUT2D eigenvalue weighted by atomic mass is 16.4. The van der Waals surface area contributed by atoms with E-state index in [2.05, 4.69) is 0 Å². The van der Waals surface area contributed by atoms with Crippen LogP contribution in [0.5, 0.6) is 0 Å². The van der Waals surface area contributed by atoms with E-state index in [4.69, 9.17) is 5.11 Å². The standard InChI is InChI=1S/C7H11O2/c8-7(9)6-4-2-1-3-5-6/h4,6H,1-3,5H2,(H,8,9)/t6-/m0/s1. The molecule has 0 aliphatic heterocycles. The molecule has 0 aromatic rings. The minimum Gasteiger partial charge on any atom is -0.481 e. The Bertz CT molecular complexity index is 103. The monoisotopic (exact) mass is 127 g/mol. The van der Waals surface area contributed by atoms with Crippen molar-refractivity contribution in [1.29, 1.82) is 0 Å². The lowest BCUT2D eigenvalue weighted by Crippen LogP contribution is -2.16. The summed E-state index contributed by atoms with van der Waals surface area (Å²) in [5.74, 6) is -0.812.